The van der Waals surface area contributed by atoms with E-state index < -0.39 is 5.97 Å². The smallest absolute Gasteiger partial charge is 0.359 e. The first kappa shape index (κ1) is 13.9. The summed E-state index contributed by atoms with van der Waals surface area (Å²) in [5.74, 6) is 0.0394. The molecular formula is C13H21N3O3. The molecule has 106 valence electrons. The highest BCUT2D eigenvalue weighted by Gasteiger charge is 2.30. The van der Waals surface area contributed by atoms with E-state index in [0.29, 0.717) is 18.0 Å². The Morgan fingerprint density at radius 2 is 2.26 bits per heavy atom. The van der Waals surface area contributed by atoms with E-state index in [1.54, 1.807) is 4.68 Å². The van der Waals surface area contributed by atoms with Crippen molar-refractivity contribution in [3.63, 3.8) is 0 Å². The van der Waals surface area contributed by atoms with E-state index in [9.17, 15) is 4.79 Å². The Bertz CT molecular complexity index is 462. The van der Waals surface area contributed by atoms with E-state index in [4.69, 9.17) is 15.2 Å². The molecule has 6 heteroatoms. The number of hydrogen-bond acceptors (Lipinski definition) is 5. The topological polar surface area (TPSA) is 79.4 Å². The van der Waals surface area contributed by atoms with Gasteiger partial charge in [-0.1, -0.05) is 0 Å². The van der Waals surface area contributed by atoms with Gasteiger partial charge in [0.25, 0.3) is 0 Å². The van der Waals surface area contributed by atoms with Crippen LogP contribution in [0.25, 0.3) is 0 Å². The molecule has 1 aromatic rings. The number of aromatic nitrogens is 2. The zero-order chi connectivity index (χ0) is 14.0. The molecule has 1 aliphatic rings. The minimum atomic E-state index is -0.463. The first-order valence-electron chi connectivity index (χ1n) is 6.64. The number of nitrogen functional groups attached to an aromatic ring is 1. The van der Waals surface area contributed by atoms with Crippen molar-refractivity contribution in [2.24, 2.45) is 0 Å². The van der Waals surface area contributed by atoms with Crippen LogP contribution in [0.3, 0.4) is 0 Å². The molecule has 1 atom stereocenters. The van der Waals surface area contributed by atoms with Crippen molar-refractivity contribution < 1.29 is 14.3 Å². The Morgan fingerprint density at radius 1 is 1.53 bits per heavy atom. The molecule has 1 fully saturated rings. The summed E-state index contributed by atoms with van der Waals surface area (Å²) in [7, 11) is 1.35. The summed E-state index contributed by atoms with van der Waals surface area (Å²) >= 11 is 0. The van der Waals surface area contributed by atoms with Crippen molar-refractivity contribution in [2.45, 2.75) is 45.3 Å². The molecule has 6 nitrogen and oxygen atoms in total. The zero-order valence-corrected chi connectivity index (χ0v) is 11.7. The van der Waals surface area contributed by atoms with E-state index >= 15 is 0 Å². The van der Waals surface area contributed by atoms with Gasteiger partial charge in [-0.2, -0.15) is 5.10 Å². The van der Waals surface area contributed by atoms with Crippen molar-refractivity contribution in [1.29, 1.82) is 0 Å². The molecular weight excluding hydrogens is 246 g/mol. The zero-order valence-electron chi connectivity index (χ0n) is 11.7. The van der Waals surface area contributed by atoms with Crippen LogP contribution < -0.4 is 5.73 Å². The number of methoxy groups -OCH3 is 1. The monoisotopic (exact) mass is 267 g/mol. The lowest BCUT2D eigenvalue weighted by atomic mass is 10.0. The lowest BCUT2D eigenvalue weighted by molar-refractivity contribution is 0.0140. The number of ether oxygens (including phenoxy) is 2. The van der Waals surface area contributed by atoms with Crippen molar-refractivity contribution in [3.05, 3.63) is 11.3 Å². The van der Waals surface area contributed by atoms with Gasteiger partial charge >= 0.3 is 5.97 Å². The van der Waals surface area contributed by atoms with Gasteiger partial charge in [-0.3, -0.25) is 0 Å². The fraction of sp³-hybridized carbons (Fsp3) is 0.692. The van der Waals surface area contributed by atoms with Gasteiger partial charge in [0.1, 0.15) is 5.82 Å². The van der Waals surface area contributed by atoms with E-state index in [1.165, 1.54) is 7.11 Å². The Morgan fingerprint density at radius 3 is 2.79 bits per heavy atom. The summed E-state index contributed by atoms with van der Waals surface area (Å²) < 4.78 is 12.2. The molecule has 1 unspecified atom stereocenters. The molecule has 1 aliphatic heterocycles. The van der Waals surface area contributed by atoms with Crippen LogP contribution in [0.2, 0.25) is 0 Å². The van der Waals surface area contributed by atoms with Gasteiger partial charge in [-0.25, -0.2) is 9.48 Å². The van der Waals surface area contributed by atoms with Gasteiger partial charge in [-0.15, -0.1) is 0 Å². The third-order valence-electron chi connectivity index (χ3n) is 3.36. The van der Waals surface area contributed by atoms with Gasteiger partial charge in [0.15, 0.2) is 5.69 Å². The molecule has 2 rings (SSSR count). The summed E-state index contributed by atoms with van der Waals surface area (Å²) in [6.45, 7) is 4.63. The summed E-state index contributed by atoms with van der Waals surface area (Å²) in [6, 6.07) is 0.0840. The number of hydrogen-bond donors (Lipinski definition) is 1. The number of carbonyl (C=O) groups excluding carboxylic acids is 1. The quantitative estimate of drug-likeness (QED) is 0.848. The number of nitrogens with zero attached hydrogens (tertiary/aromatic N) is 2. The normalized spacial score (nSPS) is 19.7. The summed E-state index contributed by atoms with van der Waals surface area (Å²) in [4.78, 5) is 11.9. The Hall–Kier alpha value is -1.56. The molecule has 0 saturated carbocycles. The highest BCUT2D eigenvalue weighted by molar-refractivity contribution is 5.90. The van der Waals surface area contributed by atoms with Crippen LogP contribution in [0, 0.1) is 0 Å². The van der Waals surface area contributed by atoms with Gasteiger partial charge in [-0.05, 0) is 33.1 Å². The van der Waals surface area contributed by atoms with Crippen LogP contribution in [0.4, 0.5) is 5.82 Å². The summed E-state index contributed by atoms with van der Waals surface area (Å²) in [5.41, 5.74) is 7.10. The Labute approximate surface area is 112 Å². The molecule has 2 heterocycles. The SMILES string of the molecule is COC(=O)c1nn(C(C)C)c(N)c1C1CCCCO1. The third-order valence-corrected chi connectivity index (χ3v) is 3.36. The van der Waals surface area contributed by atoms with Crippen LogP contribution in [0.5, 0.6) is 0 Å². The van der Waals surface area contributed by atoms with Crippen LogP contribution >= 0.6 is 0 Å². The third kappa shape index (κ3) is 2.58. The van der Waals surface area contributed by atoms with Gasteiger partial charge in [0.2, 0.25) is 0 Å². The fourth-order valence-corrected chi connectivity index (χ4v) is 2.39. The average Bonchev–Trinajstić information content (AvgIpc) is 2.76. The van der Waals surface area contributed by atoms with Crippen LogP contribution in [-0.4, -0.2) is 29.5 Å². The number of rotatable bonds is 3. The van der Waals surface area contributed by atoms with E-state index in [1.807, 2.05) is 13.8 Å². The van der Waals surface area contributed by atoms with Crippen molar-refractivity contribution in [1.82, 2.24) is 9.78 Å². The lowest BCUT2D eigenvalue weighted by Gasteiger charge is -2.23. The van der Waals surface area contributed by atoms with E-state index in [-0.39, 0.29) is 17.8 Å². The van der Waals surface area contributed by atoms with Crippen molar-refractivity contribution in [3.8, 4) is 0 Å². The highest BCUT2D eigenvalue weighted by atomic mass is 16.5. The fourth-order valence-electron chi connectivity index (χ4n) is 2.39. The summed E-state index contributed by atoms with van der Waals surface area (Å²) in [6.07, 6.45) is 2.81. The minimum Gasteiger partial charge on any atom is -0.464 e. The number of esters is 1. The molecule has 0 spiro atoms. The van der Waals surface area contributed by atoms with Crippen LogP contribution in [-0.2, 0) is 9.47 Å². The van der Waals surface area contributed by atoms with Crippen molar-refractivity contribution in [2.75, 3.05) is 19.5 Å². The molecule has 19 heavy (non-hydrogen) atoms. The number of nitrogens with two attached hydrogens (primary N) is 1. The maximum atomic E-state index is 11.9. The van der Waals surface area contributed by atoms with Gasteiger partial charge < -0.3 is 15.2 Å². The second kappa shape index (κ2) is 5.61. The molecule has 1 saturated heterocycles. The van der Waals surface area contributed by atoms with Gasteiger partial charge in [0, 0.05) is 12.6 Å². The van der Waals surface area contributed by atoms with Gasteiger partial charge in [0.05, 0.1) is 18.8 Å². The minimum absolute atomic E-state index is 0.0840. The molecule has 0 aliphatic carbocycles. The van der Waals surface area contributed by atoms with E-state index in [0.717, 1.165) is 19.3 Å². The summed E-state index contributed by atoms with van der Waals surface area (Å²) in [5, 5.41) is 4.29. The maximum Gasteiger partial charge on any atom is 0.359 e. The predicted octanol–water partition coefficient (Wildman–Crippen LogP) is 2.07. The van der Waals surface area contributed by atoms with E-state index in [2.05, 4.69) is 5.10 Å². The average molecular weight is 267 g/mol. The molecule has 1 aromatic heterocycles. The second-order valence-corrected chi connectivity index (χ2v) is 5.03. The maximum absolute atomic E-state index is 11.9. The first-order valence-corrected chi connectivity index (χ1v) is 6.64. The predicted molar refractivity (Wildman–Crippen MR) is 70.9 cm³/mol. The molecule has 0 aromatic carbocycles. The molecule has 2 N–H and O–H groups in total. The number of anilines is 1. The molecule has 0 radical (unpaired) electrons. The highest BCUT2D eigenvalue weighted by Crippen LogP contribution is 2.35. The molecule has 0 amide bonds. The van der Waals surface area contributed by atoms with Crippen LogP contribution in [0.1, 0.15) is 61.3 Å². The largest absolute Gasteiger partial charge is 0.464 e. The number of carbonyl (C=O) groups is 1. The standard InChI is InChI=1S/C13H21N3O3/c1-8(2)16-12(14)10(9-6-4-5-7-19-9)11(15-16)13(17)18-3/h8-9H,4-7,14H2,1-3H3. The lowest BCUT2D eigenvalue weighted by Crippen LogP contribution is -2.16. The van der Waals surface area contributed by atoms with Crippen molar-refractivity contribution >= 4 is 11.8 Å². The second-order valence-electron chi connectivity index (χ2n) is 5.03. The Balaban J connectivity index is 2.45. The first-order chi connectivity index (χ1) is 9.06. The van der Waals surface area contributed by atoms with Crippen LogP contribution in [0.15, 0.2) is 0 Å². The molecule has 0 bridgehead atoms. The Kier molecular flexibility index (Phi) is 4.09.